The van der Waals surface area contributed by atoms with Crippen molar-refractivity contribution >= 4 is 23.2 Å². The molecule has 9 heteroatoms. The van der Waals surface area contributed by atoms with Crippen molar-refractivity contribution in [1.29, 1.82) is 0 Å². The first-order valence-corrected chi connectivity index (χ1v) is 11.4. The van der Waals surface area contributed by atoms with E-state index in [0.29, 0.717) is 34.1 Å². The van der Waals surface area contributed by atoms with E-state index >= 15 is 0 Å². The molecule has 0 fully saturated rings. The van der Waals surface area contributed by atoms with E-state index < -0.39 is 0 Å². The Morgan fingerprint density at radius 2 is 1.49 bits per heavy atom. The maximum atomic E-state index is 12.8. The molecule has 0 aliphatic heterocycles. The van der Waals surface area contributed by atoms with E-state index in [2.05, 4.69) is 22.7 Å². The van der Waals surface area contributed by atoms with Crippen molar-refractivity contribution < 1.29 is 23.8 Å². The van der Waals surface area contributed by atoms with E-state index in [-0.39, 0.29) is 11.8 Å². The highest BCUT2D eigenvalue weighted by Crippen LogP contribution is 2.38. The third-order valence-electron chi connectivity index (χ3n) is 5.68. The summed E-state index contributed by atoms with van der Waals surface area (Å²) in [6.07, 6.45) is 2.10. The first-order chi connectivity index (χ1) is 16.8. The van der Waals surface area contributed by atoms with E-state index in [1.165, 1.54) is 21.3 Å². The number of rotatable bonds is 10. The van der Waals surface area contributed by atoms with E-state index in [1.54, 1.807) is 36.4 Å². The van der Waals surface area contributed by atoms with Crippen molar-refractivity contribution in [2.24, 2.45) is 0 Å². The molecule has 1 aromatic heterocycles. The minimum atomic E-state index is -0.354. The zero-order valence-corrected chi connectivity index (χ0v) is 21.0. The lowest BCUT2D eigenvalue weighted by Gasteiger charge is -2.14. The van der Waals surface area contributed by atoms with Gasteiger partial charge in [-0.15, -0.1) is 0 Å². The molecule has 3 aromatic rings. The molecule has 9 nitrogen and oxygen atoms in total. The van der Waals surface area contributed by atoms with Gasteiger partial charge >= 0.3 is 0 Å². The van der Waals surface area contributed by atoms with E-state index in [0.717, 1.165) is 36.5 Å². The van der Waals surface area contributed by atoms with Crippen LogP contribution < -0.4 is 24.8 Å². The van der Waals surface area contributed by atoms with Crippen LogP contribution in [0.5, 0.6) is 17.2 Å². The number of unbranched alkanes of at least 4 members (excludes halogenated alkanes) is 1. The number of ether oxygens (including phenoxy) is 3. The number of carbonyl (C=O) groups excluding carboxylic acids is 2. The number of carbonyl (C=O) groups is 2. The van der Waals surface area contributed by atoms with Gasteiger partial charge in [0.05, 0.1) is 38.4 Å². The second-order valence-corrected chi connectivity index (χ2v) is 8.02. The number of aryl methyl sites for hydroxylation is 2. The highest BCUT2D eigenvalue weighted by molar-refractivity contribution is 6.07. The Morgan fingerprint density at radius 1 is 0.886 bits per heavy atom. The molecule has 1 heterocycles. The van der Waals surface area contributed by atoms with Gasteiger partial charge < -0.3 is 24.8 Å². The predicted molar refractivity (Wildman–Crippen MR) is 135 cm³/mol. The molecule has 0 radical (unpaired) electrons. The summed E-state index contributed by atoms with van der Waals surface area (Å²) in [4.78, 5) is 25.6. The third kappa shape index (κ3) is 5.74. The number of amides is 2. The number of hydrogen-bond donors (Lipinski definition) is 2. The van der Waals surface area contributed by atoms with Crippen LogP contribution in [0.4, 0.5) is 11.4 Å². The molecule has 2 amide bonds. The van der Waals surface area contributed by atoms with Crippen LogP contribution in [-0.2, 0) is 6.54 Å². The maximum Gasteiger partial charge on any atom is 0.255 e. The fraction of sp³-hybridized carbons (Fsp3) is 0.346. The van der Waals surface area contributed by atoms with Gasteiger partial charge in [-0.1, -0.05) is 13.3 Å². The molecule has 0 bridgehead atoms. The van der Waals surface area contributed by atoms with Crippen LogP contribution in [-0.4, -0.2) is 42.9 Å². The smallest absolute Gasteiger partial charge is 0.255 e. The molecule has 0 aliphatic rings. The molecular weight excluding hydrogens is 448 g/mol. The first kappa shape index (κ1) is 25.6. The Bertz CT molecular complexity index is 1180. The Morgan fingerprint density at radius 3 is 2.03 bits per heavy atom. The van der Waals surface area contributed by atoms with Crippen molar-refractivity contribution in [2.45, 2.75) is 40.2 Å². The third-order valence-corrected chi connectivity index (χ3v) is 5.68. The summed E-state index contributed by atoms with van der Waals surface area (Å²) in [7, 11) is 4.48. The van der Waals surface area contributed by atoms with Gasteiger partial charge in [-0.3, -0.25) is 14.3 Å². The zero-order chi connectivity index (χ0) is 25.5. The van der Waals surface area contributed by atoms with Gasteiger partial charge in [0.25, 0.3) is 11.8 Å². The van der Waals surface area contributed by atoms with Gasteiger partial charge in [0, 0.05) is 23.4 Å². The first-order valence-electron chi connectivity index (χ1n) is 11.4. The molecule has 0 unspecified atom stereocenters. The van der Waals surface area contributed by atoms with E-state index in [4.69, 9.17) is 14.2 Å². The lowest BCUT2D eigenvalue weighted by molar-refractivity contribution is 0.101. The molecule has 0 spiro atoms. The van der Waals surface area contributed by atoms with Crippen LogP contribution >= 0.6 is 0 Å². The molecule has 0 atom stereocenters. The van der Waals surface area contributed by atoms with Gasteiger partial charge in [-0.2, -0.15) is 5.10 Å². The van der Waals surface area contributed by atoms with Crippen molar-refractivity contribution in [3.63, 3.8) is 0 Å². The Kier molecular flexibility index (Phi) is 8.35. The average Bonchev–Trinajstić information content (AvgIpc) is 3.14. The fourth-order valence-electron chi connectivity index (χ4n) is 3.71. The number of nitrogens with zero attached hydrogens (tertiary/aromatic N) is 2. The van der Waals surface area contributed by atoms with Crippen LogP contribution in [0.15, 0.2) is 36.4 Å². The quantitative estimate of drug-likeness (QED) is 0.431. The Hall–Kier alpha value is -4.01. The fourth-order valence-corrected chi connectivity index (χ4v) is 3.71. The van der Waals surface area contributed by atoms with Gasteiger partial charge in [-0.05, 0) is 56.7 Å². The predicted octanol–water partition coefficient (Wildman–Crippen LogP) is 4.83. The molecule has 35 heavy (non-hydrogen) atoms. The summed E-state index contributed by atoms with van der Waals surface area (Å²) >= 11 is 0. The van der Waals surface area contributed by atoms with Crippen molar-refractivity contribution in [3.8, 4) is 17.2 Å². The van der Waals surface area contributed by atoms with Crippen LogP contribution in [0.2, 0.25) is 0 Å². The van der Waals surface area contributed by atoms with Crippen LogP contribution in [0, 0.1) is 13.8 Å². The second kappa shape index (κ2) is 11.4. The van der Waals surface area contributed by atoms with Gasteiger partial charge in [0.1, 0.15) is 0 Å². The van der Waals surface area contributed by atoms with Crippen LogP contribution in [0.25, 0.3) is 0 Å². The van der Waals surface area contributed by atoms with Crippen LogP contribution in [0.1, 0.15) is 51.9 Å². The van der Waals surface area contributed by atoms with E-state index in [9.17, 15) is 9.59 Å². The Labute approximate surface area is 205 Å². The monoisotopic (exact) mass is 480 g/mol. The van der Waals surface area contributed by atoms with Crippen molar-refractivity contribution in [1.82, 2.24) is 9.78 Å². The number of hydrogen-bond acceptors (Lipinski definition) is 6. The molecule has 2 aromatic carbocycles. The number of nitrogens with one attached hydrogen (secondary N) is 2. The van der Waals surface area contributed by atoms with Crippen LogP contribution in [0.3, 0.4) is 0 Å². The van der Waals surface area contributed by atoms with Crippen molar-refractivity contribution in [2.75, 3.05) is 32.0 Å². The summed E-state index contributed by atoms with van der Waals surface area (Å²) in [6.45, 7) is 6.78. The van der Waals surface area contributed by atoms with Gasteiger partial charge in [0.2, 0.25) is 5.75 Å². The molecule has 0 saturated carbocycles. The SMILES string of the molecule is CCCCn1nc(C)c(NC(=O)c2ccc(NC(=O)c3cc(OC)c(OC)c(OC)c3)cc2)c1C. The lowest BCUT2D eigenvalue weighted by Crippen LogP contribution is -2.15. The molecule has 2 N–H and O–H groups in total. The molecule has 186 valence electrons. The topological polar surface area (TPSA) is 104 Å². The summed E-state index contributed by atoms with van der Waals surface area (Å²) in [5, 5.41) is 10.3. The average molecular weight is 481 g/mol. The molecule has 0 aliphatic carbocycles. The highest BCUT2D eigenvalue weighted by Gasteiger charge is 2.18. The maximum absolute atomic E-state index is 12.8. The summed E-state index contributed by atoms with van der Waals surface area (Å²) in [5.74, 6) is 0.574. The van der Waals surface area contributed by atoms with Gasteiger partial charge in [0.15, 0.2) is 11.5 Å². The number of methoxy groups -OCH3 is 3. The number of benzene rings is 2. The molecule has 3 rings (SSSR count). The highest BCUT2D eigenvalue weighted by atomic mass is 16.5. The largest absolute Gasteiger partial charge is 0.493 e. The minimum absolute atomic E-state index is 0.242. The van der Waals surface area contributed by atoms with Gasteiger partial charge in [-0.25, -0.2) is 0 Å². The lowest BCUT2D eigenvalue weighted by atomic mass is 10.1. The molecule has 0 saturated heterocycles. The van der Waals surface area contributed by atoms with Crippen molar-refractivity contribution in [3.05, 3.63) is 58.9 Å². The normalized spacial score (nSPS) is 10.6. The van der Waals surface area contributed by atoms with E-state index in [1.807, 2.05) is 18.5 Å². The minimum Gasteiger partial charge on any atom is -0.493 e. The summed E-state index contributed by atoms with van der Waals surface area (Å²) in [5.41, 5.74) is 3.79. The number of anilines is 2. The summed E-state index contributed by atoms with van der Waals surface area (Å²) < 4.78 is 17.9. The standard InChI is InChI=1S/C26H32N4O5/c1-7-8-13-30-17(3)23(16(2)29-30)28-25(31)18-9-11-20(12-10-18)27-26(32)19-14-21(33-4)24(35-6)22(15-19)34-5/h9-12,14-15H,7-8,13H2,1-6H3,(H,27,32)(H,28,31). The Balaban J connectivity index is 1.71. The zero-order valence-electron chi connectivity index (χ0n) is 21.0. The molecular formula is C26H32N4O5. The number of aromatic nitrogens is 2. The summed E-state index contributed by atoms with van der Waals surface area (Å²) in [6, 6.07) is 9.82. The second-order valence-electron chi connectivity index (χ2n) is 8.02.